The van der Waals surface area contributed by atoms with Crippen LogP contribution in [0.2, 0.25) is 0 Å². The zero-order valence-corrected chi connectivity index (χ0v) is 18.5. The predicted octanol–water partition coefficient (Wildman–Crippen LogP) is 4.43. The van der Waals surface area contributed by atoms with Crippen molar-refractivity contribution in [3.8, 4) is 0 Å². The first-order valence-corrected chi connectivity index (χ1v) is 11.4. The van der Waals surface area contributed by atoms with Crippen LogP contribution in [0.5, 0.6) is 0 Å². The fourth-order valence-corrected chi connectivity index (χ4v) is 4.37. The zero-order chi connectivity index (χ0) is 22.1. The van der Waals surface area contributed by atoms with Crippen molar-refractivity contribution < 1.29 is 17.7 Å². The molecule has 0 unspecified atom stereocenters. The molecule has 3 aromatic rings. The average molecular weight is 431 g/mol. The van der Waals surface area contributed by atoms with Gasteiger partial charge in [0.1, 0.15) is 5.52 Å². The van der Waals surface area contributed by atoms with Crippen molar-refractivity contribution in [1.82, 2.24) is 15.1 Å². The molecule has 2 amide bonds. The molecule has 8 nitrogen and oxygen atoms in total. The monoisotopic (exact) mass is 430 g/mol. The van der Waals surface area contributed by atoms with E-state index in [1.54, 1.807) is 18.2 Å². The molecule has 1 aromatic heterocycles. The van der Waals surface area contributed by atoms with Crippen molar-refractivity contribution in [3.05, 3.63) is 52.6 Å². The number of carbonyl (C=O) groups excluding carboxylic acids is 1. The van der Waals surface area contributed by atoms with E-state index in [0.29, 0.717) is 22.4 Å². The molecule has 0 saturated carbocycles. The lowest BCUT2D eigenvalue weighted by atomic mass is 9.90. The van der Waals surface area contributed by atoms with Crippen molar-refractivity contribution in [2.24, 2.45) is 0 Å². The van der Waals surface area contributed by atoms with Crippen LogP contribution in [0.25, 0.3) is 11.1 Å². The molecular weight excluding hydrogens is 404 g/mol. The summed E-state index contributed by atoms with van der Waals surface area (Å²) in [6, 6.07) is 8.01. The van der Waals surface area contributed by atoms with Gasteiger partial charge in [-0.05, 0) is 47.6 Å². The third-order valence-corrected chi connectivity index (χ3v) is 5.95. The van der Waals surface area contributed by atoms with Crippen molar-refractivity contribution in [2.45, 2.75) is 52.2 Å². The molecule has 0 aliphatic heterocycles. The predicted molar refractivity (Wildman–Crippen MR) is 116 cm³/mol. The number of anilines is 1. The maximum Gasteiger partial charge on any atom is 0.332 e. The van der Waals surface area contributed by atoms with E-state index in [1.165, 1.54) is 0 Å². The SMILES string of the molecule is Cc1cc(C(C)C)c(NC(=O)NS(=O)(=O)Cc2ccc3nnoc3c2)c(C(C)C)c1. The van der Waals surface area contributed by atoms with Gasteiger partial charge < -0.3 is 9.84 Å². The summed E-state index contributed by atoms with van der Waals surface area (Å²) < 4.78 is 32.1. The van der Waals surface area contributed by atoms with Gasteiger partial charge in [0.2, 0.25) is 10.0 Å². The smallest absolute Gasteiger partial charge is 0.332 e. The minimum Gasteiger partial charge on any atom is -0.337 e. The summed E-state index contributed by atoms with van der Waals surface area (Å²) >= 11 is 0. The summed E-state index contributed by atoms with van der Waals surface area (Å²) in [5.74, 6) is -0.0490. The molecule has 2 aromatic carbocycles. The Balaban J connectivity index is 1.80. The molecule has 0 fully saturated rings. The maximum atomic E-state index is 12.6. The Bertz CT molecular complexity index is 1150. The molecule has 0 radical (unpaired) electrons. The Morgan fingerprint density at radius 2 is 1.70 bits per heavy atom. The lowest BCUT2D eigenvalue weighted by molar-refractivity contribution is 0.256. The molecule has 0 bridgehead atoms. The Kier molecular flexibility index (Phi) is 6.12. The highest BCUT2D eigenvalue weighted by atomic mass is 32.2. The van der Waals surface area contributed by atoms with Gasteiger partial charge in [0.25, 0.3) is 0 Å². The third-order valence-electron chi connectivity index (χ3n) is 4.74. The van der Waals surface area contributed by atoms with Gasteiger partial charge in [-0.1, -0.05) is 51.5 Å². The summed E-state index contributed by atoms with van der Waals surface area (Å²) in [6.07, 6.45) is 0. The van der Waals surface area contributed by atoms with Crippen LogP contribution in [0.4, 0.5) is 10.5 Å². The number of sulfonamides is 1. The van der Waals surface area contributed by atoms with Gasteiger partial charge in [0.05, 0.1) is 5.75 Å². The van der Waals surface area contributed by atoms with E-state index >= 15 is 0 Å². The van der Waals surface area contributed by atoms with Gasteiger partial charge in [0, 0.05) is 11.0 Å². The van der Waals surface area contributed by atoms with Crippen LogP contribution in [0.3, 0.4) is 0 Å². The summed E-state index contributed by atoms with van der Waals surface area (Å²) in [4.78, 5) is 12.6. The molecule has 0 spiro atoms. The number of nitrogens with one attached hydrogen (secondary N) is 2. The molecular formula is C21H26N4O4S. The number of aromatic nitrogens is 2. The van der Waals surface area contributed by atoms with Crippen LogP contribution in [-0.2, 0) is 15.8 Å². The van der Waals surface area contributed by atoms with Crippen molar-refractivity contribution in [2.75, 3.05) is 5.32 Å². The first-order chi connectivity index (χ1) is 14.1. The highest BCUT2D eigenvalue weighted by molar-refractivity contribution is 7.89. The van der Waals surface area contributed by atoms with Gasteiger partial charge in [-0.3, -0.25) is 0 Å². The van der Waals surface area contributed by atoms with E-state index in [4.69, 9.17) is 4.52 Å². The number of fused-ring (bicyclic) bond motifs is 1. The lowest BCUT2D eigenvalue weighted by Gasteiger charge is -2.21. The summed E-state index contributed by atoms with van der Waals surface area (Å²) in [6.45, 7) is 10.1. The molecule has 160 valence electrons. The molecule has 30 heavy (non-hydrogen) atoms. The number of urea groups is 1. The molecule has 1 heterocycles. The number of hydrogen-bond acceptors (Lipinski definition) is 6. The van der Waals surface area contributed by atoms with Crippen LogP contribution in [-0.4, -0.2) is 24.8 Å². The average Bonchev–Trinajstić information content (AvgIpc) is 3.09. The van der Waals surface area contributed by atoms with Crippen LogP contribution in [0.15, 0.2) is 34.9 Å². The Hall–Kier alpha value is -2.94. The van der Waals surface area contributed by atoms with Crippen molar-refractivity contribution in [3.63, 3.8) is 0 Å². The zero-order valence-electron chi connectivity index (χ0n) is 17.7. The highest BCUT2D eigenvalue weighted by Crippen LogP contribution is 2.33. The number of aryl methyl sites for hydroxylation is 1. The van der Waals surface area contributed by atoms with Gasteiger partial charge >= 0.3 is 6.03 Å². The molecule has 9 heteroatoms. The van der Waals surface area contributed by atoms with Crippen LogP contribution >= 0.6 is 0 Å². The van der Waals surface area contributed by atoms with Crippen molar-refractivity contribution in [1.29, 1.82) is 0 Å². The Morgan fingerprint density at radius 3 is 2.30 bits per heavy atom. The van der Waals surface area contributed by atoms with E-state index in [-0.39, 0.29) is 17.6 Å². The van der Waals surface area contributed by atoms with Crippen LogP contribution in [0.1, 0.15) is 61.8 Å². The van der Waals surface area contributed by atoms with Gasteiger partial charge in [0.15, 0.2) is 5.58 Å². The van der Waals surface area contributed by atoms with Gasteiger partial charge in [-0.15, -0.1) is 5.10 Å². The Labute approximate surface area is 176 Å². The lowest BCUT2D eigenvalue weighted by Crippen LogP contribution is -2.35. The van der Waals surface area contributed by atoms with Crippen LogP contribution in [0, 0.1) is 6.92 Å². The summed E-state index contributed by atoms with van der Waals surface area (Å²) in [7, 11) is -3.92. The fraction of sp³-hybridized carbons (Fsp3) is 0.381. The van der Waals surface area contributed by atoms with Crippen LogP contribution < -0.4 is 10.0 Å². The minimum atomic E-state index is -3.92. The second-order valence-electron chi connectivity index (χ2n) is 8.02. The topological polar surface area (TPSA) is 114 Å². The maximum absolute atomic E-state index is 12.6. The van der Waals surface area contributed by atoms with E-state index in [2.05, 4.69) is 20.4 Å². The normalized spacial score (nSPS) is 12.0. The van der Waals surface area contributed by atoms with E-state index in [0.717, 1.165) is 16.7 Å². The second kappa shape index (κ2) is 8.43. The highest BCUT2D eigenvalue weighted by Gasteiger charge is 2.21. The molecule has 2 N–H and O–H groups in total. The summed E-state index contributed by atoms with van der Waals surface area (Å²) in [5, 5.41) is 9.96. The number of hydrogen-bond donors (Lipinski definition) is 2. The molecule has 3 rings (SSSR count). The first kappa shape index (κ1) is 21.8. The number of nitrogens with zero attached hydrogens (tertiary/aromatic N) is 2. The largest absolute Gasteiger partial charge is 0.337 e. The number of benzene rings is 2. The number of rotatable bonds is 6. The quantitative estimate of drug-likeness (QED) is 0.598. The minimum absolute atomic E-state index is 0.163. The number of carbonyl (C=O) groups is 1. The third kappa shape index (κ3) is 4.96. The molecule has 0 aliphatic rings. The van der Waals surface area contributed by atoms with E-state index in [1.807, 2.05) is 46.8 Å². The summed E-state index contributed by atoms with van der Waals surface area (Å²) in [5.41, 5.74) is 5.07. The van der Waals surface area contributed by atoms with Gasteiger partial charge in [-0.2, -0.15) is 0 Å². The van der Waals surface area contributed by atoms with Gasteiger partial charge in [-0.25, -0.2) is 17.9 Å². The number of amides is 2. The second-order valence-corrected chi connectivity index (χ2v) is 9.74. The van der Waals surface area contributed by atoms with E-state index in [9.17, 15) is 13.2 Å². The molecule has 0 aliphatic carbocycles. The first-order valence-electron chi connectivity index (χ1n) is 9.72. The van der Waals surface area contributed by atoms with E-state index < -0.39 is 16.1 Å². The Morgan fingerprint density at radius 1 is 1.07 bits per heavy atom. The molecule has 0 atom stereocenters. The van der Waals surface area contributed by atoms with Crippen molar-refractivity contribution >= 4 is 32.8 Å². The molecule has 0 saturated heterocycles. The fourth-order valence-electron chi connectivity index (χ4n) is 3.35. The standard InChI is InChI=1S/C21H26N4O4S/c1-12(2)16-8-14(5)9-17(13(3)4)20(16)22-21(26)24-30(27,28)11-15-6-7-18-19(10-15)29-25-23-18/h6-10,12-13H,11H2,1-5H3,(H2,22,24,26).